The highest BCUT2D eigenvalue weighted by Crippen LogP contribution is 2.44. The molecule has 0 aromatic carbocycles. The predicted molar refractivity (Wildman–Crippen MR) is 646 cm³/mol. The summed E-state index contributed by atoms with van der Waals surface area (Å²) in [6.07, 6.45) is -8.12. The fourth-order valence-corrected chi connectivity index (χ4v) is 56.9. The van der Waals surface area contributed by atoms with Crippen LogP contribution in [0.2, 0.25) is 365 Å². The lowest BCUT2D eigenvalue weighted by Crippen LogP contribution is -2.67. The van der Waals surface area contributed by atoms with Crippen molar-refractivity contribution in [2.45, 2.75) is 513 Å². The number of rotatable bonds is 68. The molecule has 880 valence electrons. The Kier molecular flexibility index (Phi) is 55.8. The fourth-order valence-electron chi connectivity index (χ4n) is 18.0. The second-order valence-electron chi connectivity index (χ2n) is 57.5. The molecule has 52 heteroatoms. The van der Waals surface area contributed by atoms with Crippen LogP contribution in [0.1, 0.15) is 25.7 Å². The molecule has 0 spiro atoms. The molecule has 0 aromatic rings. The van der Waals surface area contributed by atoms with Gasteiger partial charge in [0.05, 0.1) is 79.3 Å². The van der Waals surface area contributed by atoms with Gasteiger partial charge in [0.2, 0.25) is 0 Å². The van der Waals surface area contributed by atoms with E-state index in [0.29, 0.717) is 129 Å². The van der Waals surface area contributed by atoms with Crippen LogP contribution >= 0.6 is 0 Å². The summed E-state index contributed by atoms with van der Waals surface area (Å²) >= 11 is 0. The molecular weight excluding hydrogens is 2230 g/mol. The molecule has 0 bridgehead atoms. The summed E-state index contributed by atoms with van der Waals surface area (Å²) in [4.78, 5) is 0. The Labute approximate surface area is 923 Å². The van der Waals surface area contributed by atoms with Crippen molar-refractivity contribution in [2.75, 3.05) is 106 Å². The summed E-state index contributed by atoms with van der Waals surface area (Å²) < 4.78 is 226. The number of hydrogen-bond acceptors (Lipinski definition) is 32. The van der Waals surface area contributed by atoms with E-state index in [2.05, 4.69) is 340 Å². The molecular formula is C96H224O32Si20. The average molecular weight is 2450 g/mol. The van der Waals surface area contributed by atoms with E-state index in [4.69, 9.17) is 144 Å². The zero-order chi connectivity index (χ0) is 113. The molecule has 5 fully saturated rings. The van der Waals surface area contributed by atoms with Crippen LogP contribution in [0.15, 0.2) is 0 Å². The van der Waals surface area contributed by atoms with Gasteiger partial charge in [0.25, 0.3) is 0 Å². The van der Waals surface area contributed by atoms with Crippen LogP contribution in [-0.4, -0.2) is 396 Å². The van der Waals surface area contributed by atoms with Gasteiger partial charge in [0.15, 0.2) is 158 Å². The molecule has 0 radical (unpaired) electrons. The maximum Gasteiger partial charge on any atom is 0.317 e. The molecule has 0 amide bonds. The van der Waals surface area contributed by atoms with Crippen LogP contribution < -0.4 is 0 Å². The molecule has 5 heterocycles. The van der Waals surface area contributed by atoms with Crippen LogP contribution in [0.4, 0.5) is 0 Å². The minimum atomic E-state index is -3.33. The van der Waals surface area contributed by atoms with Crippen molar-refractivity contribution in [1.29, 1.82) is 0 Å². The largest absolute Gasteiger partial charge is 0.416 e. The lowest BCUT2D eigenvalue weighted by molar-refractivity contribution is -0.292. The zero-order valence-corrected chi connectivity index (χ0v) is 124. The predicted octanol–water partition coefficient (Wildman–Crippen LogP) is 23.0. The molecule has 32 nitrogen and oxygen atoms in total. The highest BCUT2D eigenvalue weighted by Gasteiger charge is 2.61. The van der Waals surface area contributed by atoms with Crippen molar-refractivity contribution in [1.82, 2.24) is 0 Å². The van der Waals surface area contributed by atoms with Crippen molar-refractivity contribution in [2.24, 2.45) is 0 Å². The van der Waals surface area contributed by atoms with Crippen molar-refractivity contribution < 1.29 is 144 Å². The van der Waals surface area contributed by atoms with E-state index >= 15 is 0 Å². The van der Waals surface area contributed by atoms with E-state index in [9.17, 15) is 0 Å². The average Bonchev–Trinajstić information content (AvgIpc) is 0.779. The Balaban J connectivity index is 1.55. The first-order valence-electron chi connectivity index (χ1n) is 55.6. The monoisotopic (exact) mass is 2450 g/mol. The first-order valence-corrected chi connectivity index (χ1v) is 120. The summed E-state index contributed by atoms with van der Waals surface area (Å²) in [5, 5.41) is 0. The molecule has 5 aliphatic rings. The van der Waals surface area contributed by atoms with Crippen molar-refractivity contribution >= 4 is 167 Å². The smallest absolute Gasteiger partial charge is 0.317 e. The Hall–Kier alpha value is 3.06. The molecule has 0 saturated carbocycles. The quantitative estimate of drug-likeness (QED) is 0.0403. The van der Waals surface area contributed by atoms with Crippen LogP contribution in [0.25, 0.3) is 0 Å². The van der Waals surface area contributed by atoms with Crippen LogP contribution in [-0.2, 0) is 144 Å². The minimum Gasteiger partial charge on any atom is -0.416 e. The lowest BCUT2D eigenvalue weighted by atomic mass is 9.99. The third-order valence-electron chi connectivity index (χ3n) is 22.4. The van der Waals surface area contributed by atoms with Gasteiger partial charge in [-0.3, -0.25) is 0 Å². The molecule has 0 N–H and O–H groups in total. The molecule has 5 aliphatic heterocycles. The first kappa shape index (κ1) is 141. The van der Waals surface area contributed by atoms with Gasteiger partial charge in [-0.2, -0.15) is 0 Å². The van der Waals surface area contributed by atoms with Gasteiger partial charge in [-0.15, -0.1) is 0 Å². The fraction of sp³-hybridized carbons (Fsp3) is 1.00. The summed E-state index contributed by atoms with van der Waals surface area (Å²) in [6, 6.07) is 2.36. The topological polar surface area (TPSA) is 295 Å². The molecule has 5 saturated heterocycles. The van der Waals surface area contributed by atoms with Gasteiger partial charge in [0.1, 0.15) is 97.7 Å². The third kappa shape index (κ3) is 59.1. The molecule has 4 unspecified atom stereocenters. The van der Waals surface area contributed by atoms with E-state index in [1.165, 1.54) is 0 Å². The molecule has 5 rings (SSSR count). The number of ether oxygens (including phenoxy) is 12. The van der Waals surface area contributed by atoms with E-state index in [1.54, 1.807) is 0 Å². The Bertz CT molecular complexity index is 3270. The molecule has 20 atom stereocenters. The summed E-state index contributed by atoms with van der Waals surface area (Å²) in [5.41, 5.74) is 0. The van der Waals surface area contributed by atoms with Gasteiger partial charge in [-0.1, -0.05) is 0 Å². The van der Waals surface area contributed by atoms with Gasteiger partial charge >= 0.3 is 34.2 Å². The van der Waals surface area contributed by atoms with Crippen molar-refractivity contribution in [3.8, 4) is 0 Å². The van der Waals surface area contributed by atoms with Crippen LogP contribution in [0.3, 0.4) is 0 Å². The van der Waals surface area contributed by atoms with E-state index < -0.39 is 290 Å². The minimum absolute atomic E-state index is 0.240. The first-order chi connectivity index (χ1) is 66.7. The van der Waals surface area contributed by atoms with Gasteiger partial charge < -0.3 is 144 Å². The summed E-state index contributed by atoms with van der Waals surface area (Å²) in [7, 11) is -47.9. The normalized spacial score (nSPS) is 31.2. The van der Waals surface area contributed by atoms with Crippen molar-refractivity contribution in [3.05, 3.63) is 0 Å². The highest BCUT2D eigenvalue weighted by atomic mass is 28.5. The Morgan fingerprint density at radius 1 is 0.162 bits per heavy atom. The highest BCUT2D eigenvalue weighted by molar-refractivity contribution is 6.94. The lowest BCUT2D eigenvalue weighted by Gasteiger charge is -2.51. The summed E-state index contributed by atoms with van der Waals surface area (Å²) in [5.74, 6) is 0. The van der Waals surface area contributed by atoms with E-state index in [0.717, 1.165) is 0 Å². The van der Waals surface area contributed by atoms with E-state index in [1.807, 2.05) is 0 Å². The molecule has 148 heavy (non-hydrogen) atoms. The van der Waals surface area contributed by atoms with Gasteiger partial charge in [0, 0.05) is 26.4 Å². The van der Waals surface area contributed by atoms with E-state index in [-0.39, 0.29) is 26.4 Å². The second kappa shape index (κ2) is 58.3. The zero-order valence-electron chi connectivity index (χ0n) is 104. The molecule has 0 aromatic heterocycles. The number of hydrogen-bond donors (Lipinski definition) is 0. The summed E-state index contributed by atoms with van der Waals surface area (Å²) in [6.45, 7) is 120. The maximum atomic E-state index is 7.95. The van der Waals surface area contributed by atoms with Crippen LogP contribution in [0.5, 0.6) is 0 Å². The SMILES string of the molecule is C[Si](C)(C)OC[C@H]1OC(OCCOCCC[Si]2(C)O[Si](C)(CCCOCCOC3O[C@H](CO[Si](C)(C)C)[C@@H](O[Si](C)(C)C)[C@H](O[Si](C)(C)C)[C@@H]3O[Si](C)(C)C)O[Si](C)(CCCOCCOC3O[C@H](CO[Si](C)(C)C)[C@@H](O[Si](C)(C)C)[C@H](O[Si](C)(C)C)[C@@H]3O[Si](C)(C)C)O[Si](C)(CCCOCCOC3O[C@H](CO[Si](C)(C)C)[C@@H](O[Si](C)(C)C)[C@H](O[Si](C)(C)C)[C@@H]3O[Si](C)(C)C)O2)[C@@H](O[Si](C)(C)C)[C@@H](O[Si](C)(C)C)[C@@H]1O[Si](C)(C)C. The van der Waals surface area contributed by atoms with Crippen LogP contribution in [0, 0.1) is 0 Å². The third-order valence-corrected chi connectivity index (χ3v) is 57.2. The Morgan fingerprint density at radius 3 is 0.432 bits per heavy atom. The molecule has 0 aliphatic carbocycles. The second-order valence-corrected chi connectivity index (χ2v) is 143. The van der Waals surface area contributed by atoms with Gasteiger partial charge in [-0.05, 0) is 390 Å². The standard InChI is InChI=1S/C96H224O32Si20/c1-129(2,3)105-73-77-81(113-133(13,14)15)85(117-137(25,26)27)89(121-141(37,38)39)93(109-77)101-65-61-97-57-53-69-145(49)125-146(50,70-54-58-98-62-66-102-94-90(122-142(40,41)42)86(118-138(28,29)30)82(114-134(16,17)18)78(110-94)74-106-130(4,5)6)127-148(52,72-56-60-100-64-68-104-96-92(124-144(46,47)48)88(120-140(34,35)36)84(116-136(22,23)24)80(112-96)76-108-132(10,11)12)128-147(51,126-145)71-55-59-99-63-67-103-95-91(123-143(43,44)45)87(119-139(31,32)33)83(115-135(19,20)21)79(111-95)75-107-131(7,8)9/h77-96H,53-76H2,1-52H3/t77-,78-,79-,80-,81-,82-,83-,84-,85+,86+,87+,88+,89+,90+,91+,92+,93?,94?,95?,96?,145?,146?,147?,148?/m1/s1. The van der Waals surface area contributed by atoms with Crippen molar-refractivity contribution in [3.63, 3.8) is 0 Å². The van der Waals surface area contributed by atoms with Gasteiger partial charge in [-0.25, -0.2) is 0 Å². The maximum absolute atomic E-state index is 7.95. The Morgan fingerprint density at radius 2 is 0.297 bits per heavy atom.